The van der Waals surface area contributed by atoms with Crippen molar-refractivity contribution in [2.75, 3.05) is 0 Å². The molecule has 2 aromatic carbocycles. The van der Waals surface area contributed by atoms with Crippen molar-refractivity contribution in [3.05, 3.63) is 59.4 Å². The predicted octanol–water partition coefficient (Wildman–Crippen LogP) is 7.36. The standard InChI is InChI=1S/C24H25F5O3/c1-2-3-15-4-6-16(7-5-15)17-8-10-18(11-9-17)22(30)31-19-12-13-21(20(25)14-19)32-24(28,29)23(26)27/h8-16,23H,2-7H2,1H3/t15-,16-. The molecule has 0 atom stereocenters. The number of hydrogen-bond acceptors (Lipinski definition) is 3. The second-order valence-corrected chi connectivity index (χ2v) is 8.07. The molecule has 0 bridgehead atoms. The molecule has 3 nitrogen and oxygen atoms in total. The Hall–Kier alpha value is -2.64. The van der Waals surface area contributed by atoms with Crippen LogP contribution in [-0.4, -0.2) is 18.5 Å². The fourth-order valence-corrected chi connectivity index (χ4v) is 4.07. The summed E-state index contributed by atoms with van der Waals surface area (Å²) in [5, 5.41) is 0. The molecule has 174 valence electrons. The summed E-state index contributed by atoms with van der Waals surface area (Å²) in [5.41, 5.74) is 1.40. The molecule has 0 heterocycles. The predicted molar refractivity (Wildman–Crippen MR) is 109 cm³/mol. The molecule has 8 heteroatoms. The van der Waals surface area contributed by atoms with Gasteiger partial charge in [-0.3, -0.25) is 0 Å². The van der Waals surface area contributed by atoms with E-state index < -0.39 is 30.1 Å². The highest BCUT2D eigenvalue weighted by atomic mass is 19.3. The third-order valence-corrected chi connectivity index (χ3v) is 5.78. The third kappa shape index (κ3) is 5.99. The van der Waals surface area contributed by atoms with Crippen LogP contribution in [0, 0.1) is 11.7 Å². The maximum absolute atomic E-state index is 13.9. The highest BCUT2D eigenvalue weighted by Gasteiger charge is 2.44. The number of benzene rings is 2. The van der Waals surface area contributed by atoms with Crippen molar-refractivity contribution in [1.29, 1.82) is 0 Å². The van der Waals surface area contributed by atoms with E-state index in [2.05, 4.69) is 11.7 Å². The van der Waals surface area contributed by atoms with Crippen molar-refractivity contribution in [2.24, 2.45) is 5.92 Å². The maximum Gasteiger partial charge on any atom is 0.461 e. The zero-order valence-corrected chi connectivity index (χ0v) is 17.6. The second-order valence-electron chi connectivity index (χ2n) is 8.07. The van der Waals surface area contributed by atoms with Crippen LogP contribution in [0.5, 0.6) is 11.5 Å². The zero-order valence-electron chi connectivity index (χ0n) is 17.6. The van der Waals surface area contributed by atoms with E-state index in [1.807, 2.05) is 12.1 Å². The monoisotopic (exact) mass is 456 g/mol. The Balaban J connectivity index is 1.59. The first-order valence-electron chi connectivity index (χ1n) is 10.7. The van der Waals surface area contributed by atoms with Gasteiger partial charge in [0.25, 0.3) is 0 Å². The molecule has 0 amide bonds. The quantitative estimate of drug-likeness (QED) is 0.237. The van der Waals surface area contributed by atoms with Crippen LogP contribution >= 0.6 is 0 Å². The summed E-state index contributed by atoms with van der Waals surface area (Å²) in [6.07, 6.45) is -1.84. The molecular weight excluding hydrogens is 431 g/mol. The Morgan fingerprint density at radius 3 is 2.28 bits per heavy atom. The lowest BCUT2D eigenvalue weighted by molar-refractivity contribution is -0.254. The number of carbonyl (C=O) groups is 1. The molecule has 1 fully saturated rings. The topological polar surface area (TPSA) is 35.5 Å². The smallest absolute Gasteiger partial charge is 0.425 e. The average molecular weight is 456 g/mol. The van der Waals surface area contributed by atoms with Crippen molar-refractivity contribution < 1.29 is 36.2 Å². The number of carbonyl (C=O) groups excluding carboxylic acids is 1. The number of rotatable bonds is 8. The summed E-state index contributed by atoms with van der Waals surface area (Å²) in [6.45, 7) is 2.20. The Morgan fingerprint density at radius 1 is 1.06 bits per heavy atom. The molecule has 1 aliphatic rings. The minimum atomic E-state index is -4.84. The van der Waals surface area contributed by atoms with Crippen LogP contribution in [0.4, 0.5) is 22.0 Å². The lowest BCUT2D eigenvalue weighted by Crippen LogP contribution is -2.33. The zero-order chi connectivity index (χ0) is 23.3. The Labute approximate surface area is 183 Å². The van der Waals surface area contributed by atoms with E-state index in [4.69, 9.17) is 4.74 Å². The number of halogens is 5. The van der Waals surface area contributed by atoms with Gasteiger partial charge in [0.15, 0.2) is 11.6 Å². The van der Waals surface area contributed by atoms with E-state index in [9.17, 15) is 26.7 Å². The van der Waals surface area contributed by atoms with Crippen LogP contribution in [-0.2, 0) is 0 Å². The summed E-state index contributed by atoms with van der Waals surface area (Å²) in [7, 11) is 0. The van der Waals surface area contributed by atoms with Gasteiger partial charge >= 0.3 is 18.5 Å². The van der Waals surface area contributed by atoms with Crippen molar-refractivity contribution in [1.82, 2.24) is 0 Å². The first-order chi connectivity index (χ1) is 15.2. The van der Waals surface area contributed by atoms with E-state index in [0.717, 1.165) is 30.4 Å². The fraction of sp³-hybridized carbons (Fsp3) is 0.458. The maximum atomic E-state index is 13.9. The van der Waals surface area contributed by atoms with Gasteiger partial charge in [-0.05, 0) is 67.3 Å². The molecular formula is C24H25F5O3. The molecule has 0 saturated heterocycles. The van der Waals surface area contributed by atoms with Gasteiger partial charge in [0.05, 0.1) is 5.56 Å². The Kier molecular flexibility index (Phi) is 7.74. The average Bonchev–Trinajstić information content (AvgIpc) is 2.76. The van der Waals surface area contributed by atoms with Gasteiger partial charge in [-0.15, -0.1) is 0 Å². The largest absolute Gasteiger partial charge is 0.461 e. The minimum absolute atomic E-state index is 0.249. The van der Waals surface area contributed by atoms with E-state index in [1.165, 1.54) is 25.7 Å². The van der Waals surface area contributed by atoms with Gasteiger partial charge < -0.3 is 9.47 Å². The molecule has 0 unspecified atom stereocenters. The summed E-state index contributed by atoms with van der Waals surface area (Å²) in [5.74, 6) is -2.20. The lowest BCUT2D eigenvalue weighted by Gasteiger charge is -2.28. The minimum Gasteiger partial charge on any atom is -0.425 e. The first kappa shape index (κ1) is 24.0. The van der Waals surface area contributed by atoms with Crippen LogP contribution in [0.3, 0.4) is 0 Å². The van der Waals surface area contributed by atoms with E-state index in [1.54, 1.807) is 12.1 Å². The lowest BCUT2D eigenvalue weighted by atomic mass is 9.77. The molecule has 32 heavy (non-hydrogen) atoms. The van der Waals surface area contributed by atoms with Gasteiger partial charge in [0.1, 0.15) is 5.75 Å². The highest BCUT2D eigenvalue weighted by molar-refractivity contribution is 5.91. The van der Waals surface area contributed by atoms with Crippen LogP contribution in [0.2, 0.25) is 0 Å². The van der Waals surface area contributed by atoms with Gasteiger partial charge in [0.2, 0.25) is 0 Å². The molecule has 3 rings (SSSR count). The molecule has 1 aliphatic carbocycles. The molecule has 1 saturated carbocycles. The van der Waals surface area contributed by atoms with Crippen LogP contribution in [0.1, 0.15) is 67.3 Å². The summed E-state index contributed by atoms with van der Waals surface area (Å²) in [4.78, 5) is 12.3. The number of hydrogen-bond donors (Lipinski definition) is 0. The summed E-state index contributed by atoms with van der Waals surface area (Å²) < 4.78 is 73.0. The van der Waals surface area contributed by atoms with Crippen molar-refractivity contribution in [3.8, 4) is 11.5 Å². The Bertz CT molecular complexity index is 906. The molecule has 0 aliphatic heterocycles. The van der Waals surface area contributed by atoms with Crippen molar-refractivity contribution >= 4 is 5.97 Å². The molecule has 0 aromatic heterocycles. The number of alkyl halides is 4. The molecule has 0 N–H and O–H groups in total. The second kappa shape index (κ2) is 10.3. The van der Waals surface area contributed by atoms with Gasteiger partial charge in [-0.1, -0.05) is 31.9 Å². The third-order valence-electron chi connectivity index (χ3n) is 5.78. The first-order valence-corrected chi connectivity index (χ1v) is 10.7. The summed E-state index contributed by atoms with van der Waals surface area (Å²) >= 11 is 0. The number of ether oxygens (including phenoxy) is 2. The van der Waals surface area contributed by atoms with Crippen LogP contribution < -0.4 is 9.47 Å². The molecule has 2 aromatic rings. The van der Waals surface area contributed by atoms with Crippen LogP contribution in [0.15, 0.2) is 42.5 Å². The van der Waals surface area contributed by atoms with E-state index >= 15 is 0 Å². The van der Waals surface area contributed by atoms with Gasteiger partial charge in [-0.2, -0.15) is 17.6 Å². The molecule has 0 spiro atoms. The summed E-state index contributed by atoms with van der Waals surface area (Å²) in [6, 6.07) is 9.33. The molecule has 0 radical (unpaired) electrons. The van der Waals surface area contributed by atoms with Gasteiger partial charge in [0, 0.05) is 6.07 Å². The highest BCUT2D eigenvalue weighted by Crippen LogP contribution is 2.37. The Morgan fingerprint density at radius 2 is 1.72 bits per heavy atom. The normalized spacial score (nSPS) is 19.1. The van der Waals surface area contributed by atoms with E-state index in [-0.39, 0.29) is 11.3 Å². The fourth-order valence-electron chi connectivity index (χ4n) is 4.07. The SMILES string of the molecule is CCC[C@H]1CC[C@H](c2ccc(C(=O)Oc3ccc(OC(F)(F)C(F)F)c(F)c3)cc2)CC1. The van der Waals surface area contributed by atoms with Crippen molar-refractivity contribution in [2.45, 2.75) is 63.9 Å². The van der Waals surface area contributed by atoms with Crippen molar-refractivity contribution in [3.63, 3.8) is 0 Å². The number of esters is 1. The van der Waals surface area contributed by atoms with Gasteiger partial charge in [-0.25, -0.2) is 9.18 Å². The van der Waals surface area contributed by atoms with Crippen LogP contribution in [0.25, 0.3) is 0 Å². The van der Waals surface area contributed by atoms with E-state index in [0.29, 0.717) is 18.1 Å².